The summed E-state index contributed by atoms with van der Waals surface area (Å²) in [6, 6.07) is 15.6. The molecule has 29 heavy (non-hydrogen) atoms. The number of benzene rings is 2. The topological polar surface area (TPSA) is 64.0 Å². The summed E-state index contributed by atoms with van der Waals surface area (Å²) in [7, 11) is 0. The smallest absolute Gasteiger partial charge is 0.263 e. The number of aryl methyl sites for hydroxylation is 3. The van der Waals surface area contributed by atoms with E-state index in [1.54, 1.807) is 6.92 Å². The number of nitrogens with zero attached hydrogens (tertiary/aromatic N) is 2. The molecule has 0 aliphatic carbocycles. The average molecular weight is 404 g/mol. The molecule has 1 N–H and O–H groups in total. The summed E-state index contributed by atoms with van der Waals surface area (Å²) in [6.45, 7) is 5.64. The summed E-state index contributed by atoms with van der Waals surface area (Å²) < 4.78 is 1.44. The van der Waals surface area contributed by atoms with Gasteiger partial charge in [-0.1, -0.05) is 36.4 Å². The van der Waals surface area contributed by atoms with Crippen molar-refractivity contribution in [3.63, 3.8) is 0 Å². The van der Waals surface area contributed by atoms with E-state index in [1.807, 2.05) is 67.8 Å². The molecule has 0 saturated carbocycles. The molecule has 2 heterocycles. The van der Waals surface area contributed by atoms with Crippen LogP contribution in [0.3, 0.4) is 0 Å². The molecule has 0 aliphatic heterocycles. The van der Waals surface area contributed by atoms with Crippen LogP contribution in [0, 0.1) is 20.8 Å². The van der Waals surface area contributed by atoms with Crippen molar-refractivity contribution in [3.8, 4) is 11.1 Å². The minimum Gasteiger partial charge on any atom is -0.325 e. The number of thiophene rings is 1. The van der Waals surface area contributed by atoms with Gasteiger partial charge in [0.2, 0.25) is 5.91 Å². The number of carbonyl (C=O) groups excluding carboxylic acids is 1. The van der Waals surface area contributed by atoms with Crippen LogP contribution in [0.15, 0.2) is 58.7 Å². The molecule has 0 atom stereocenters. The first kappa shape index (κ1) is 19.1. The zero-order valence-corrected chi connectivity index (χ0v) is 17.3. The Morgan fingerprint density at radius 1 is 1.07 bits per heavy atom. The predicted molar refractivity (Wildman–Crippen MR) is 119 cm³/mol. The van der Waals surface area contributed by atoms with Gasteiger partial charge in [-0.25, -0.2) is 4.98 Å². The number of hydrogen-bond acceptors (Lipinski definition) is 4. The summed E-state index contributed by atoms with van der Waals surface area (Å²) in [5, 5.41) is 5.40. The fourth-order valence-electron chi connectivity index (χ4n) is 3.53. The first-order valence-electron chi connectivity index (χ1n) is 9.34. The van der Waals surface area contributed by atoms with E-state index >= 15 is 0 Å². The summed E-state index contributed by atoms with van der Waals surface area (Å²) in [5.74, 6) is 0.275. The Bertz CT molecular complexity index is 1250. The van der Waals surface area contributed by atoms with Gasteiger partial charge in [0.1, 0.15) is 17.2 Å². The van der Waals surface area contributed by atoms with Crippen LogP contribution in [-0.4, -0.2) is 15.5 Å². The van der Waals surface area contributed by atoms with Crippen molar-refractivity contribution in [1.29, 1.82) is 0 Å². The summed E-state index contributed by atoms with van der Waals surface area (Å²) in [5.41, 5.74) is 4.50. The van der Waals surface area contributed by atoms with Gasteiger partial charge in [0, 0.05) is 16.6 Å². The molecule has 0 radical (unpaired) electrons. The van der Waals surface area contributed by atoms with Crippen LogP contribution in [0.25, 0.3) is 21.3 Å². The molecule has 4 aromatic rings. The lowest BCUT2D eigenvalue weighted by Crippen LogP contribution is -2.30. The third kappa shape index (κ3) is 3.84. The Morgan fingerprint density at radius 3 is 2.45 bits per heavy atom. The maximum absolute atomic E-state index is 13.3. The van der Waals surface area contributed by atoms with Crippen molar-refractivity contribution in [2.24, 2.45) is 0 Å². The molecule has 5 nitrogen and oxygen atoms in total. The van der Waals surface area contributed by atoms with E-state index < -0.39 is 0 Å². The van der Waals surface area contributed by atoms with E-state index in [0.29, 0.717) is 16.0 Å². The zero-order chi connectivity index (χ0) is 20.5. The van der Waals surface area contributed by atoms with E-state index in [9.17, 15) is 9.59 Å². The van der Waals surface area contributed by atoms with Crippen LogP contribution in [0.1, 0.15) is 17.0 Å². The van der Waals surface area contributed by atoms with E-state index in [1.165, 1.54) is 15.9 Å². The molecule has 4 rings (SSSR count). The van der Waals surface area contributed by atoms with Crippen molar-refractivity contribution < 1.29 is 4.79 Å². The minimum absolute atomic E-state index is 0.0787. The summed E-state index contributed by atoms with van der Waals surface area (Å²) in [6.07, 6.45) is 0. The van der Waals surface area contributed by atoms with Crippen molar-refractivity contribution in [2.75, 3.05) is 5.32 Å². The lowest BCUT2D eigenvalue weighted by molar-refractivity contribution is -0.116. The van der Waals surface area contributed by atoms with Crippen molar-refractivity contribution in [2.45, 2.75) is 27.3 Å². The lowest BCUT2D eigenvalue weighted by atomic mass is 10.1. The monoisotopic (exact) mass is 403 g/mol. The van der Waals surface area contributed by atoms with E-state index in [-0.39, 0.29) is 18.0 Å². The van der Waals surface area contributed by atoms with Gasteiger partial charge in [-0.05, 0) is 49.6 Å². The second-order valence-corrected chi connectivity index (χ2v) is 8.03. The van der Waals surface area contributed by atoms with Gasteiger partial charge in [0.05, 0.1) is 5.39 Å². The number of aromatic nitrogens is 2. The largest absolute Gasteiger partial charge is 0.325 e. The second-order valence-electron chi connectivity index (χ2n) is 7.17. The molecular formula is C23H21N3O2S. The molecule has 2 aromatic heterocycles. The fraction of sp³-hybridized carbons (Fsp3) is 0.174. The molecule has 1 amide bonds. The molecule has 2 aromatic carbocycles. The summed E-state index contributed by atoms with van der Waals surface area (Å²) in [4.78, 5) is 31.2. The number of hydrogen-bond donors (Lipinski definition) is 1. The van der Waals surface area contributed by atoms with Gasteiger partial charge in [-0.15, -0.1) is 11.3 Å². The number of amides is 1. The SMILES string of the molecule is Cc1cc(C)cc(NC(=O)Cn2c(C)nc3scc(-c4ccccc4)c3c2=O)c1. The van der Waals surface area contributed by atoms with E-state index in [4.69, 9.17) is 0 Å². The Hall–Kier alpha value is -3.25. The Morgan fingerprint density at radius 2 is 1.76 bits per heavy atom. The molecule has 0 bridgehead atoms. The first-order valence-corrected chi connectivity index (χ1v) is 10.2. The molecule has 6 heteroatoms. The normalized spacial score (nSPS) is 11.0. The van der Waals surface area contributed by atoms with Gasteiger partial charge in [-0.3, -0.25) is 14.2 Å². The Balaban J connectivity index is 1.70. The highest BCUT2D eigenvalue weighted by atomic mass is 32.1. The van der Waals surface area contributed by atoms with Crippen LogP contribution in [0.2, 0.25) is 0 Å². The van der Waals surface area contributed by atoms with Gasteiger partial charge in [0.25, 0.3) is 5.56 Å². The molecule has 0 spiro atoms. The number of carbonyl (C=O) groups is 1. The molecule has 0 fully saturated rings. The highest BCUT2D eigenvalue weighted by molar-refractivity contribution is 7.17. The predicted octanol–water partition coefficient (Wildman–Crippen LogP) is 4.69. The first-order chi connectivity index (χ1) is 13.9. The number of nitrogens with one attached hydrogen (secondary N) is 1. The highest BCUT2D eigenvalue weighted by Crippen LogP contribution is 2.30. The minimum atomic E-state index is -0.252. The number of fused-ring (bicyclic) bond motifs is 1. The van der Waals surface area contributed by atoms with E-state index in [2.05, 4.69) is 10.3 Å². The Kier molecular flexibility index (Phi) is 5.03. The maximum atomic E-state index is 13.3. The summed E-state index contributed by atoms with van der Waals surface area (Å²) >= 11 is 1.45. The van der Waals surface area contributed by atoms with Gasteiger partial charge < -0.3 is 5.32 Å². The molecule has 0 saturated heterocycles. The third-order valence-corrected chi connectivity index (χ3v) is 5.65. The van der Waals surface area contributed by atoms with Crippen LogP contribution in [-0.2, 0) is 11.3 Å². The Labute approximate surface area is 172 Å². The molecule has 0 aliphatic rings. The van der Waals surface area contributed by atoms with Gasteiger partial charge >= 0.3 is 0 Å². The van der Waals surface area contributed by atoms with Gasteiger partial charge in [-0.2, -0.15) is 0 Å². The molecule has 146 valence electrons. The second kappa shape index (κ2) is 7.64. The highest BCUT2D eigenvalue weighted by Gasteiger charge is 2.17. The van der Waals surface area contributed by atoms with Crippen molar-refractivity contribution >= 4 is 33.1 Å². The molecular weight excluding hydrogens is 382 g/mol. The maximum Gasteiger partial charge on any atom is 0.263 e. The fourth-order valence-corrected chi connectivity index (χ4v) is 4.52. The van der Waals surface area contributed by atoms with Crippen LogP contribution in [0.4, 0.5) is 5.69 Å². The van der Waals surface area contributed by atoms with Crippen LogP contribution < -0.4 is 10.9 Å². The van der Waals surface area contributed by atoms with Crippen LogP contribution >= 0.6 is 11.3 Å². The zero-order valence-electron chi connectivity index (χ0n) is 16.5. The van der Waals surface area contributed by atoms with Crippen LogP contribution in [0.5, 0.6) is 0 Å². The quantitative estimate of drug-likeness (QED) is 0.538. The third-order valence-electron chi connectivity index (χ3n) is 4.78. The number of anilines is 1. The van der Waals surface area contributed by atoms with Crippen molar-refractivity contribution in [1.82, 2.24) is 9.55 Å². The lowest BCUT2D eigenvalue weighted by Gasteiger charge is -2.11. The van der Waals surface area contributed by atoms with Gasteiger partial charge in [0.15, 0.2) is 0 Å². The molecule has 0 unspecified atom stereocenters. The van der Waals surface area contributed by atoms with Crippen molar-refractivity contribution in [3.05, 3.63) is 81.2 Å². The number of rotatable bonds is 4. The standard InChI is InChI=1S/C23H21N3O2S/c1-14-9-15(2)11-18(10-14)25-20(27)12-26-16(3)24-22-21(23(26)28)19(13-29-22)17-7-5-4-6-8-17/h4-11,13H,12H2,1-3H3,(H,25,27). The average Bonchev–Trinajstić information content (AvgIpc) is 3.09. The van der Waals surface area contributed by atoms with E-state index in [0.717, 1.165) is 27.9 Å².